The first-order valence-corrected chi connectivity index (χ1v) is 8.12. The summed E-state index contributed by atoms with van der Waals surface area (Å²) in [5.41, 5.74) is 1.18. The van der Waals surface area contributed by atoms with Crippen LogP contribution < -0.4 is 14.8 Å². The molecule has 1 heterocycles. The topological polar surface area (TPSA) is 97.8 Å². The third kappa shape index (κ3) is 3.39. The first kappa shape index (κ1) is 18.2. The maximum Gasteiger partial charge on any atom is 0.337 e. The van der Waals surface area contributed by atoms with Crippen molar-refractivity contribution in [3.63, 3.8) is 0 Å². The predicted molar refractivity (Wildman–Crippen MR) is 101 cm³/mol. The summed E-state index contributed by atoms with van der Waals surface area (Å²) in [7, 11) is 2.99. The zero-order valence-corrected chi connectivity index (χ0v) is 15.1. The average molecular weight is 366 g/mol. The molecule has 1 aromatic heterocycles. The van der Waals surface area contributed by atoms with Gasteiger partial charge in [0.15, 0.2) is 0 Å². The van der Waals surface area contributed by atoms with Gasteiger partial charge in [-0.15, -0.1) is 0 Å². The number of methoxy groups -OCH3 is 2. The second kappa shape index (κ2) is 7.33. The highest BCUT2D eigenvalue weighted by atomic mass is 16.5. The van der Waals surface area contributed by atoms with E-state index < -0.39 is 11.9 Å². The number of hydrogen-bond acceptors (Lipinski definition) is 5. The van der Waals surface area contributed by atoms with Crippen LogP contribution in [0, 0.1) is 6.92 Å². The average Bonchev–Trinajstić information content (AvgIpc) is 2.66. The van der Waals surface area contributed by atoms with Crippen molar-refractivity contribution in [3.05, 3.63) is 59.3 Å². The Morgan fingerprint density at radius 3 is 2.44 bits per heavy atom. The molecule has 7 nitrogen and oxygen atoms in total. The summed E-state index contributed by atoms with van der Waals surface area (Å²) in [5, 5.41) is 12.8. The molecule has 0 atom stereocenters. The van der Waals surface area contributed by atoms with Crippen LogP contribution in [0.2, 0.25) is 0 Å². The molecule has 0 radical (unpaired) electrons. The molecule has 1 amide bonds. The number of aromatic nitrogens is 1. The van der Waals surface area contributed by atoms with Crippen molar-refractivity contribution in [3.8, 4) is 11.5 Å². The van der Waals surface area contributed by atoms with Crippen LogP contribution in [0.4, 0.5) is 5.69 Å². The smallest absolute Gasteiger partial charge is 0.337 e. The minimum absolute atomic E-state index is 0.0130. The van der Waals surface area contributed by atoms with Gasteiger partial charge in [0.2, 0.25) is 0 Å². The van der Waals surface area contributed by atoms with Gasteiger partial charge in [-0.05, 0) is 25.1 Å². The van der Waals surface area contributed by atoms with E-state index in [4.69, 9.17) is 9.47 Å². The number of fused-ring (bicyclic) bond motifs is 1. The first-order chi connectivity index (χ1) is 13.0. The van der Waals surface area contributed by atoms with E-state index in [0.29, 0.717) is 33.8 Å². The number of carboxylic acid groups (broad SMARTS) is 1. The number of amides is 1. The van der Waals surface area contributed by atoms with Gasteiger partial charge >= 0.3 is 5.97 Å². The van der Waals surface area contributed by atoms with Crippen molar-refractivity contribution < 1.29 is 24.2 Å². The van der Waals surface area contributed by atoms with Crippen molar-refractivity contribution in [2.45, 2.75) is 6.92 Å². The van der Waals surface area contributed by atoms with Gasteiger partial charge in [-0.25, -0.2) is 4.79 Å². The van der Waals surface area contributed by atoms with Crippen molar-refractivity contribution in [2.75, 3.05) is 19.5 Å². The molecule has 0 fully saturated rings. The molecule has 27 heavy (non-hydrogen) atoms. The number of para-hydroxylation sites is 1. The van der Waals surface area contributed by atoms with Crippen molar-refractivity contribution in [1.82, 2.24) is 4.98 Å². The molecule has 0 saturated heterocycles. The van der Waals surface area contributed by atoms with Crippen LogP contribution in [-0.4, -0.2) is 36.2 Å². The molecule has 2 aromatic carbocycles. The summed E-state index contributed by atoms with van der Waals surface area (Å²) in [6.45, 7) is 1.61. The van der Waals surface area contributed by atoms with Crippen molar-refractivity contribution >= 4 is 28.5 Å². The van der Waals surface area contributed by atoms with Gasteiger partial charge in [0, 0.05) is 11.5 Å². The number of benzene rings is 2. The van der Waals surface area contributed by atoms with E-state index in [1.54, 1.807) is 49.4 Å². The second-order valence-corrected chi connectivity index (χ2v) is 5.79. The summed E-state index contributed by atoms with van der Waals surface area (Å²) < 4.78 is 10.4. The SMILES string of the molecule is COc1ccc(NC(=O)c2c(C)nc3ccccc3c2C(=O)O)c(OC)c1. The third-order valence-electron chi connectivity index (χ3n) is 4.17. The minimum Gasteiger partial charge on any atom is -0.497 e. The van der Waals surface area contributed by atoms with Crippen molar-refractivity contribution in [1.29, 1.82) is 0 Å². The van der Waals surface area contributed by atoms with E-state index in [0.717, 1.165) is 0 Å². The molecule has 0 saturated carbocycles. The van der Waals surface area contributed by atoms with Crippen LogP contribution in [0.15, 0.2) is 42.5 Å². The number of carbonyl (C=O) groups is 2. The predicted octanol–water partition coefficient (Wildman–Crippen LogP) is 3.51. The first-order valence-electron chi connectivity index (χ1n) is 8.12. The van der Waals surface area contributed by atoms with E-state index in [2.05, 4.69) is 10.3 Å². The number of hydrogen-bond donors (Lipinski definition) is 2. The maximum atomic E-state index is 12.9. The zero-order valence-electron chi connectivity index (χ0n) is 15.1. The van der Waals surface area contributed by atoms with Gasteiger partial charge in [-0.2, -0.15) is 0 Å². The highest BCUT2D eigenvalue weighted by Crippen LogP contribution is 2.30. The van der Waals surface area contributed by atoms with Gasteiger partial charge in [0.1, 0.15) is 11.5 Å². The number of nitrogens with one attached hydrogen (secondary N) is 1. The summed E-state index contributed by atoms with van der Waals surface area (Å²) >= 11 is 0. The summed E-state index contributed by atoms with van der Waals surface area (Å²) in [5.74, 6) is -0.805. The summed E-state index contributed by atoms with van der Waals surface area (Å²) in [4.78, 5) is 29.2. The Hall–Kier alpha value is -3.61. The molecule has 138 valence electrons. The van der Waals surface area contributed by atoms with Crippen LogP contribution in [0.25, 0.3) is 10.9 Å². The van der Waals surface area contributed by atoms with E-state index in [1.165, 1.54) is 14.2 Å². The molecule has 0 bridgehead atoms. The molecule has 3 aromatic rings. The van der Waals surface area contributed by atoms with E-state index in [1.807, 2.05) is 0 Å². The zero-order chi connectivity index (χ0) is 19.6. The Balaban J connectivity index is 2.10. The van der Waals surface area contributed by atoms with E-state index >= 15 is 0 Å². The number of anilines is 1. The maximum absolute atomic E-state index is 12.9. The fourth-order valence-electron chi connectivity index (χ4n) is 2.92. The second-order valence-electron chi connectivity index (χ2n) is 5.79. The Morgan fingerprint density at radius 1 is 1.04 bits per heavy atom. The van der Waals surface area contributed by atoms with Gasteiger partial charge in [-0.3, -0.25) is 9.78 Å². The number of carbonyl (C=O) groups excluding carboxylic acids is 1. The monoisotopic (exact) mass is 366 g/mol. The van der Waals surface area contributed by atoms with E-state index in [-0.39, 0.29) is 11.1 Å². The Bertz CT molecular complexity index is 1050. The lowest BCUT2D eigenvalue weighted by Gasteiger charge is -2.15. The van der Waals surface area contributed by atoms with Crippen LogP contribution in [0.3, 0.4) is 0 Å². The molecule has 0 spiro atoms. The Morgan fingerprint density at radius 2 is 1.78 bits per heavy atom. The molecule has 0 aliphatic carbocycles. The lowest BCUT2D eigenvalue weighted by Crippen LogP contribution is -2.19. The molecule has 0 aliphatic heterocycles. The van der Waals surface area contributed by atoms with Crippen LogP contribution in [0.1, 0.15) is 26.4 Å². The molecule has 0 unspecified atom stereocenters. The Kier molecular flexibility index (Phi) is 4.94. The number of pyridine rings is 1. The number of carboxylic acids is 1. The molecule has 0 aliphatic rings. The third-order valence-corrected chi connectivity index (χ3v) is 4.17. The number of rotatable bonds is 5. The molecular formula is C20H18N2O5. The summed E-state index contributed by atoms with van der Waals surface area (Å²) in [6.07, 6.45) is 0. The molecule has 2 N–H and O–H groups in total. The molecule has 7 heteroatoms. The molecule has 3 rings (SSSR count). The fourth-order valence-corrected chi connectivity index (χ4v) is 2.92. The van der Waals surface area contributed by atoms with E-state index in [9.17, 15) is 14.7 Å². The quantitative estimate of drug-likeness (QED) is 0.717. The number of aryl methyl sites for hydroxylation is 1. The molecular weight excluding hydrogens is 348 g/mol. The van der Waals surface area contributed by atoms with Gasteiger partial charge < -0.3 is 19.9 Å². The van der Waals surface area contributed by atoms with Gasteiger partial charge in [0.25, 0.3) is 5.91 Å². The highest BCUT2D eigenvalue weighted by molar-refractivity contribution is 6.16. The highest BCUT2D eigenvalue weighted by Gasteiger charge is 2.24. The van der Waals surface area contributed by atoms with Gasteiger partial charge in [-0.1, -0.05) is 18.2 Å². The lowest BCUT2D eigenvalue weighted by molar-refractivity contribution is 0.0694. The van der Waals surface area contributed by atoms with Gasteiger partial charge in [0.05, 0.1) is 42.2 Å². The number of aromatic carboxylic acids is 1. The fraction of sp³-hybridized carbons (Fsp3) is 0.150. The Labute approximate surface area is 155 Å². The van der Waals surface area contributed by atoms with Crippen LogP contribution in [0.5, 0.6) is 11.5 Å². The standard InChI is InChI=1S/C20H18N2O5/c1-11-17(18(20(24)25)13-6-4-5-7-14(13)21-11)19(23)22-15-9-8-12(26-2)10-16(15)27-3/h4-10H,1-3H3,(H,22,23)(H,24,25). The van der Waals surface area contributed by atoms with Crippen LogP contribution in [-0.2, 0) is 0 Å². The lowest BCUT2D eigenvalue weighted by atomic mass is 10.00. The normalized spacial score (nSPS) is 10.5. The number of ether oxygens (including phenoxy) is 2. The minimum atomic E-state index is -1.19. The van der Waals surface area contributed by atoms with Crippen molar-refractivity contribution in [2.24, 2.45) is 0 Å². The number of nitrogens with zero attached hydrogens (tertiary/aromatic N) is 1. The van der Waals surface area contributed by atoms with Crippen LogP contribution >= 0.6 is 0 Å². The largest absolute Gasteiger partial charge is 0.497 e. The summed E-state index contributed by atoms with van der Waals surface area (Å²) in [6, 6.07) is 11.7.